The quantitative estimate of drug-likeness (QED) is 0.901. The van der Waals surface area contributed by atoms with Gasteiger partial charge in [-0.15, -0.1) is 11.8 Å². The average Bonchev–Trinajstić information content (AvgIpc) is 2.78. The summed E-state index contributed by atoms with van der Waals surface area (Å²) in [5, 5.41) is 12.0. The molecule has 1 saturated heterocycles. The predicted molar refractivity (Wildman–Crippen MR) is 80.9 cm³/mol. The Morgan fingerprint density at radius 2 is 1.58 bits per heavy atom. The van der Waals surface area contributed by atoms with Crippen LogP contribution < -0.4 is 4.90 Å². The Morgan fingerprint density at radius 3 is 2.21 bits per heavy atom. The molecule has 2 aromatic rings. The molecule has 1 N–H and O–H groups in total. The molecule has 96 valence electrons. The molecule has 1 heterocycles. The first-order valence-electron chi connectivity index (χ1n) is 6.17. The number of hydrogen-bond donors (Lipinski definition) is 1. The van der Waals surface area contributed by atoms with Gasteiger partial charge in [-0.05, 0) is 12.1 Å². The minimum Gasteiger partial charge on any atom is -0.366 e. The second-order valence-corrected chi connectivity index (χ2v) is 5.58. The Labute approximate surface area is 117 Å². The maximum atomic E-state index is 11.1. The number of nitrogens with zero attached hydrogens (tertiary/aromatic N) is 1. The lowest BCUT2D eigenvalue weighted by Crippen LogP contribution is -2.42. The Hall–Kier alpha value is -1.71. The van der Waals surface area contributed by atoms with E-state index in [-0.39, 0.29) is 0 Å². The van der Waals surface area contributed by atoms with E-state index in [1.54, 1.807) is 11.8 Å². The highest BCUT2D eigenvalue weighted by Crippen LogP contribution is 2.46. The third-order valence-electron chi connectivity index (χ3n) is 3.31. The van der Waals surface area contributed by atoms with Crippen LogP contribution in [0.5, 0.6) is 0 Å². The molecular formula is C16H15NOS. The van der Waals surface area contributed by atoms with Crippen LogP contribution in [0.1, 0.15) is 5.56 Å². The number of rotatable bonds is 2. The zero-order valence-corrected chi connectivity index (χ0v) is 11.3. The summed E-state index contributed by atoms with van der Waals surface area (Å²) < 4.78 is 0. The Morgan fingerprint density at radius 1 is 1.00 bits per heavy atom. The lowest BCUT2D eigenvalue weighted by Gasteiger charge is -2.35. The summed E-state index contributed by atoms with van der Waals surface area (Å²) in [5.41, 5.74) is 0.832. The van der Waals surface area contributed by atoms with Gasteiger partial charge in [0, 0.05) is 11.3 Å². The van der Waals surface area contributed by atoms with Gasteiger partial charge in [-0.25, -0.2) is 0 Å². The van der Waals surface area contributed by atoms with E-state index < -0.39 is 5.72 Å². The van der Waals surface area contributed by atoms with Gasteiger partial charge in [0.05, 0.1) is 10.8 Å². The second kappa shape index (κ2) is 4.76. The summed E-state index contributed by atoms with van der Waals surface area (Å²) >= 11 is 1.58. The molecule has 0 saturated carbocycles. The van der Waals surface area contributed by atoms with Gasteiger partial charge in [0.25, 0.3) is 0 Å². The SMILES string of the molecule is C=C1SCC(O)(c2ccccc2)N1c1ccccc1. The smallest absolute Gasteiger partial charge is 0.178 e. The Kier molecular flexibility index (Phi) is 3.09. The molecule has 1 aliphatic heterocycles. The number of anilines is 1. The van der Waals surface area contributed by atoms with E-state index in [0.29, 0.717) is 5.75 Å². The maximum absolute atomic E-state index is 11.1. The molecule has 3 heteroatoms. The van der Waals surface area contributed by atoms with Crippen LogP contribution >= 0.6 is 11.8 Å². The summed E-state index contributed by atoms with van der Waals surface area (Å²) in [4.78, 5) is 1.91. The van der Waals surface area contributed by atoms with E-state index in [2.05, 4.69) is 6.58 Å². The molecule has 0 spiro atoms. The highest BCUT2D eigenvalue weighted by molar-refractivity contribution is 8.03. The highest BCUT2D eigenvalue weighted by Gasteiger charge is 2.43. The number of para-hydroxylation sites is 1. The van der Waals surface area contributed by atoms with Crippen LogP contribution in [0.3, 0.4) is 0 Å². The summed E-state index contributed by atoms with van der Waals surface area (Å²) in [7, 11) is 0. The molecule has 1 unspecified atom stereocenters. The number of aliphatic hydroxyl groups is 1. The fourth-order valence-electron chi connectivity index (χ4n) is 2.37. The molecule has 0 aromatic heterocycles. The van der Waals surface area contributed by atoms with Gasteiger partial charge in [0.1, 0.15) is 0 Å². The standard InChI is InChI=1S/C16H15NOS/c1-13-17(15-10-6-3-7-11-15)16(18,12-19-13)14-8-4-2-5-9-14/h2-11,18H,1,12H2. The van der Waals surface area contributed by atoms with Crippen LogP contribution in [-0.4, -0.2) is 10.9 Å². The second-order valence-electron chi connectivity index (χ2n) is 4.54. The first-order valence-corrected chi connectivity index (χ1v) is 7.15. The Balaban J connectivity index is 2.08. The van der Waals surface area contributed by atoms with Crippen LogP contribution in [0.2, 0.25) is 0 Å². The van der Waals surface area contributed by atoms with Gasteiger partial charge in [-0.2, -0.15) is 0 Å². The first-order chi connectivity index (χ1) is 9.22. The van der Waals surface area contributed by atoms with E-state index in [1.807, 2.05) is 65.6 Å². The molecule has 0 bridgehead atoms. The molecule has 3 rings (SSSR count). The van der Waals surface area contributed by atoms with E-state index in [0.717, 1.165) is 16.3 Å². The van der Waals surface area contributed by atoms with Crippen molar-refractivity contribution in [2.75, 3.05) is 10.7 Å². The summed E-state index contributed by atoms with van der Waals surface area (Å²) in [6.45, 7) is 4.06. The van der Waals surface area contributed by atoms with Crippen molar-refractivity contribution in [1.82, 2.24) is 0 Å². The molecular weight excluding hydrogens is 254 g/mol. The largest absolute Gasteiger partial charge is 0.366 e. The van der Waals surface area contributed by atoms with E-state index in [9.17, 15) is 5.11 Å². The first kappa shape index (κ1) is 12.3. The topological polar surface area (TPSA) is 23.5 Å². The van der Waals surface area contributed by atoms with Gasteiger partial charge < -0.3 is 10.0 Å². The summed E-state index contributed by atoms with van der Waals surface area (Å²) in [5.74, 6) is 0.588. The zero-order chi connectivity index (χ0) is 13.3. The van der Waals surface area contributed by atoms with Crippen molar-refractivity contribution >= 4 is 17.4 Å². The third-order valence-corrected chi connectivity index (χ3v) is 4.37. The fourth-order valence-corrected chi connectivity index (χ4v) is 3.42. The van der Waals surface area contributed by atoms with Gasteiger partial charge in [0.2, 0.25) is 0 Å². The normalized spacial score (nSPS) is 22.8. The van der Waals surface area contributed by atoms with Gasteiger partial charge in [-0.1, -0.05) is 55.1 Å². The number of hydrogen-bond acceptors (Lipinski definition) is 3. The van der Waals surface area contributed by atoms with Gasteiger partial charge >= 0.3 is 0 Å². The molecule has 1 fully saturated rings. The van der Waals surface area contributed by atoms with E-state index in [4.69, 9.17) is 0 Å². The average molecular weight is 269 g/mol. The van der Waals surface area contributed by atoms with Crippen molar-refractivity contribution in [1.29, 1.82) is 0 Å². The maximum Gasteiger partial charge on any atom is 0.178 e. The van der Waals surface area contributed by atoms with Crippen molar-refractivity contribution < 1.29 is 5.11 Å². The lowest BCUT2D eigenvalue weighted by molar-refractivity contribution is 0.0722. The van der Waals surface area contributed by atoms with Crippen molar-refractivity contribution in [2.45, 2.75) is 5.72 Å². The molecule has 19 heavy (non-hydrogen) atoms. The van der Waals surface area contributed by atoms with Crippen LogP contribution in [0.25, 0.3) is 0 Å². The van der Waals surface area contributed by atoms with Crippen LogP contribution in [0.15, 0.2) is 72.3 Å². The van der Waals surface area contributed by atoms with Crippen molar-refractivity contribution in [3.05, 3.63) is 77.8 Å². The monoisotopic (exact) mass is 269 g/mol. The van der Waals surface area contributed by atoms with Crippen LogP contribution in [-0.2, 0) is 5.72 Å². The van der Waals surface area contributed by atoms with Crippen molar-refractivity contribution in [3.63, 3.8) is 0 Å². The van der Waals surface area contributed by atoms with Crippen molar-refractivity contribution in [3.8, 4) is 0 Å². The summed E-state index contributed by atoms with van der Waals surface area (Å²) in [6.07, 6.45) is 0. The number of benzene rings is 2. The van der Waals surface area contributed by atoms with E-state index >= 15 is 0 Å². The zero-order valence-electron chi connectivity index (χ0n) is 10.5. The molecule has 0 amide bonds. The molecule has 0 aliphatic carbocycles. The van der Waals surface area contributed by atoms with Crippen LogP contribution in [0, 0.1) is 0 Å². The molecule has 1 aliphatic rings. The fraction of sp³-hybridized carbons (Fsp3) is 0.125. The molecule has 0 radical (unpaired) electrons. The molecule has 1 atom stereocenters. The third kappa shape index (κ3) is 2.05. The van der Waals surface area contributed by atoms with Crippen LogP contribution in [0.4, 0.5) is 5.69 Å². The highest BCUT2D eigenvalue weighted by atomic mass is 32.2. The molecule has 2 aromatic carbocycles. The molecule has 2 nitrogen and oxygen atoms in total. The summed E-state index contributed by atoms with van der Waals surface area (Å²) in [6, 6.07) is 19.6. The predicted octanol–water partition coefficient (Wildman–Crippen LogP) is 3.56. The van der Waals surface area contributed by atoms with Gasteiger partial charge in [-0.3, -0.25) is 0 Å². The van der Waals surface area contributed by atoms with E-state index in [1.165, 1.54) is 0 Å². The minimum atomic E-state index is -1.02. The van der Waals surface area contributed by atoms with Gasteiger partial charge in [0.15, 0.2) is 5.72 Å². The lowest BCUT2D eigenvalue weighted by atomic mass is 10.0. The minimum absolute atomic E-state index is 0.588. The van der Waals surface area contributed by atoms with Crippen molar-refractivity contribution in [2.24, 2.45) is 0 Å². The number of thioether (sulfide) groups is 1. The Bertz CT molecular complexity index is 584.